The lowest BCUT2D eigenvalue weighted by molar-refractivity contribution is -0.152. The van der Waals surface area contributed by atoms with Crippen LogP contribution in [0.2, 0.25) is 0 Å². The standard InChI is InChI=1S/C28H45NO6/c1-4-5-6-7-8-9-10-11-12-14-18-29-19-15-13-16-25(29)22-35-26(30)21-24(27(31)32)17-20-34-28(33)23(2)3/h13,15-16,24H,2,4-12,14,17-22H2,1,3H3,(H,31,32). The molecule has 1 unspecified atom stereocenters. The highest BCUT2D eigenvalue weighted by atomic mass is 16.5. The van der Waals surface area contributed by atoms with E-state index in [9.17, 15) is 19.5 Å². The second kappa shape index (κ2) is 18.7. The van der Waals surface area contributed by atoms with Gasteiger partial charge in [-0.15, -0.1) is 0 Å². The second-order valence-electron chi connectivity index (χ2n) is 9.32. The van der Waals surface area contributed by atoms with Gasteiger partial charge in [-0.1, -0.05) is 83.4 Å². The number of ether oxygens (including phenoxy) is 2. The number of carboxylic acids is 1. The van der Waals surface area contributed by atoms with Crippen LogP contribution in [0.15, 0.2) is 36.1 Å². The number of carbonyl (C=O) groups is 3. The van der Waals surface area contributed by atoms with E-state index in [0.29, 0.717) is 0 Å². The van der Waals surface area contributed by atoms with E-state index in [-0.39, 0.29) is 31.6 Å². The molecule has 0 aliphatic carbocycles. The summed E-state index contributed by atoms with van der Waals surface area (Å²) in [6.07, 6.45) is 18.6. The number of hydrogen-bond acceptors (Lipinski definition) is 6. The third-order valence-electron chi connectivity index (χ3n) is 6.13. The predicted molar refractivity (Wildman–Crippen MR) is 138 cm³/mol. The fourth-order valence-electron chi connectivity index (χ4n) is 3.90. The Balaban J connectivity index is 2.29. The minimum absolute atomic E-state index is 0.0414. The van der Waals surface area contributed by atoms with Crippen LogP contribution in [-0.4, -0.2) is 54.2 Å². The highest BCUT2D eigenvalue weighted by molar-refractivity contribution is 5.87. The van der Waals surface area contributed by atoms with E-state index in [1.807, 2.05) is 12.2 Å². The first kappa shape index (κ1) is 30.5. The summed E-state index contributed by atoms with van der Waals surface area (Å²) in [6.45, 7) is 8.97. The fraction of sp³-hybridized carbons (Fsp3) is 0.679. The minimum Gasteiger partial charge on any atom is -0.481 e. The van der Waals surface area contributed by atoms with Crippen LogP contribution in [0, 0.1) is 5.92 Å². The summed E-state index contributed by atoms with van der Waals surface area (Å²) in [6, 6.07) is 0. The molecule has 198 valence electrons. The first-order valence-corrected chi connectivity index (χ1v) is 13.2. The van der Waals surface area contributed by atoms with Gasteiger partial charge >= 0.3 is 17.9 Å². The fourth-order valence-corrected chi connectivity index (χ4v) is 3.90. The molecule has 0 aromatic heterocycles. The number of carboxylic acid groups (broad SMARTS) is 1. The highest BCUT2D eigenvalue weighted by Gasteiger charge is 2.23. The van der Waals surface area contributed by atoms with Gasteiger partial charge in [0.15, 0.2) is 0 Å². The number of esters is 2. The normalized spacial score (nSPS) is 13.8. The first-order chi connectivity index (χ1) is 16.8. The monoisotopic (exact) mass is 491 g/mol. The van der Waals surface area contributed by atoms with Gasteiger partial charge < -0.3 is 19.5 Å². The predicted octanol–water partition coefficient (Wildman–Crippen LogP) is 5.81. The molecule has 1 rings (SSSR count). The molecule has 0 spiro atoms. The largest absolute Gasteiger partial charge is 0.481 e. The van der Waals surface area contributed by atoms with Crippen LogP contribution < -0.4 is 0 Å². The van der Waals surface area contributed by atoms with Crippen molar-refractivity contribution in [3.05, 3.63) is 36.1 Å². The molecule has 7 heteroatoms. The topological polar surface area (TPSA) is 93.1 Å². The van der Waals surface area contributed by atoms with E-state index in [2.05, 4.69) is 24.5 Å². The molecule has 0 saturated carbocycles. The molecule has 0 radical (unpaired) electrons. The molecule has 1 aliphatic rings. The molecule has 0 aromatic carbocycles. The summed E-state index contributed by atoms with van der Waals surface area (Å²) in [4.78, 5) is 37.4. The summed E-state index contributed by atoms with van der Waals surface area (Å²) < 4.78 is 10.3. The van der Waals surface area contributed by atoms with Gasteiger partial charge in [0.05, 0.1) is 24.6 Å². The molecule has 7 nitrogen and oxygen atoms in total. The van der Waals surface area contributed by atoms with E-state index in [1.165, 1.54) is 64.7 Å². The summed E-state index contributed by atoms with van der Waals surface area (Å²) in [7, 11) is 0. The lowest BCUT2D eigenvalue weighted by Crippen LogP contribution is -2.30. The van der Waals surface area contributed by atoms with Crippen molar-refractivity contribution in [1.29, 1.82) is 0 Å². The Hall–Kier alpha value is -2.57. The quantitative estimate of drug-likeness (QED) is 0.131. The highest BCUT2D eigenvalue weighted by Crippen LogP contribution is 2.16. The van der Waals surface area contributed by atoms with Gasteiger partial charge in [-0.2, -0.15) is 0 Å². The van der Waals surface area contributed by atoms with Crippen LogP contribution in [0.1, 0.15) is 90.9 Å². The van der Waals surface area contributed by atoms with Gasteiger partial charge in [0.2, 0.25) is 0 Å². The van der Waals surface area contributed by atoms with Crippen molar-refractivity contribution in [2.45, 2.75) is 90.9 Å². The molecule has 1 atom stereocenters. The third kappa shape index (κ3) is 14.4. The Labute approximate surface area is 211 Å². The molecule has 0 amide bonds. The zero-order valence-corrected chi connectivity index (χ0v) is 21.8. The van der Waals surface area contributed by atoms with Gasteiger partial charge in [-0.3, -0.25) is 9.59 Å². The molecule has 0 aromatic rings. The molecule has 35 heavy (non-hydrogen) atoms. The third-order valence-corrected chi connectivity index (χ3v) is 6.13. The van der Waals surface area contributed by atoms with Crippen LogP contribution in [0.25, 0.3) is 0 Å². The van der Waals surface area contributed by atoms with E-state index >= 15 is 0 Å². The average Bonchev–Trinajstić information content (AvgIpc) is 2.83. The van der Waals surface area contributed by atoms with E-state index < -0.39 is 23.8 Å². The maximum Gasteiger partial charge on any atom is 0.333 e. The Bertz CT molecular complexity index is 727. The lowest BCUT2D eigenvalue weighted by atomic mass is 10.0. The summed E-state index contributed by atoms with van der Waals surface area (Å²) in [5.41, 5.74) is 1.17. The van der Waals surface area contributed by atoms with Gasteiger partial charge in [-0.25, -0.2) is 4.79 Å². The van der Waals surface area contributed by atoms with Crippen LogP contribution in [0.4, 0.5) is 0 Å². The summed E-state index contributed by atoms with van der Waals surface area (Å²) in [5.74, 6) is -3.23. The first-order valence-electron chi connectivity index (χ1n) is 13.2. The molecule has 0 saturated heterocycles. The SMILES string of the molecule is C=C(C)C(=O)OCCC(CC(=O)OCC1=CC=CCN1CCCCCCCCCCCC)C(=O)O. The van der Waals surface area contributed by atoms with Crippen molar-refractivity contribution in [2.24, 2.45) is 5.92 Å². The second-order valence-corrected chi connectivity index (χ2v) is 9.32. The minimum atomic E-state index is -1.12. The number of rotatable bonds is 20. The molecule has 0 bridgehead atoms. The van der Waals surface area contributed by atoms with Crippen molar-refractivity contribution in [2.75, 3.05) is 26.3 Å². The number of aliphatic carboxylic acids is 1. The van der Waals surface area contributed by atoms with E-state index in [1.54, 1.807) is 0 Å². The number of carbonyl (C=O) groups excluding carboxylic acids is 2. The Kier molecular flexibility index (Phi) is 16.3. The van der Waals surface area contributed by atoms with Crippen molar-refractivity contribution in [3.63, 3.8) is 0 Å². The molecule has 0 fully saturated rings. The maximum absolute atomic E-state index is 12.3. The maximum atomic E-state index is 12.3. The number of hydrogen-bond donors (Lipinski definition) is 1. The van der Waals surface area contributed by atoms with E-state index in [4.69, 9.17) is 9.47 Å². The Morgan fingerprint density at radius 1 is 1.03 bits per heavy atom. The van der Waals surface area contributed by atoms with Crippen molar-refractivity contribution < 1.29 is 29.0 Å². The van der Waals surface area contributed by atoms with Crippen LogP contribution in [-0.2, 0) is 23.9 Å². The molecule has 1 heterocycles. The molecular weight excluding hydrogens is 446 g/mol. The van der Waals surface area contributed by atoms with Crippen molar-refractivity contribution in [1.82, 2.24) is 4.90 Å². The number of allylic oxidation sites excluding steroid dienone is 2. The summed E-state index contributed by atoms with van der Waals surface area (Å²) in [5, 5.41) is 9.38. The molecule has 1 N–H and O–H groups in total. The Morgan fingerprint density at radius 3 is 2.26 bits per heavy atom. The smallest absolute Gasteiger partial charge is 0.333 e. The van der Waals surface area contributed by atoms with Gasteiger partial charge in [0.1, 0.15) is 6.61 Å². The number of unbranched alkanes of at least 4 members (excludes halogenated alkanes) is 9. The molecular formula is C28H45NO6. The average molecular weight is 492 g/mol. The molecule has 1 aliphatic heterocycles. The van der Waals surface area contributed by atoms with Crippen LogP contribution in [0.5, 0.6) is 0 Å². The lowest BCUT2D eigenvalue weighted by Gasteiger charge is -2.28. The van der Waals surface area contributed by atoms with Gasteiger partial charge in [-0.05, 0) is 25.8 Å². The zero-order valence-electron chi connectivity index (χ0n) is 21.8. The number of nitrogens with zero attached hydrogens (tertiary/aromatic N) is 1. The van der Waals surface area contributed by atoms with Crippen molar-refractivity contribution >= 4 is 17.9 Å². The van der Waals surface area contributed by atoms with Gasteiger partial charge in [0.25, 0.3) is 0 Å². The van der Waals surface area contributed by atoms with Crippen molar-refractivity contribution in [3.8, 4) is 0 Å². The zero-order chi connectivity index (χ0) is 25.9. The Morgan fingerprint density at radius 2 is 1.66 bits per heavy atom. The van der Waals surface area contributed by atoms with E-state index in [0.717, 1.165) is 25.2 Å². The summed E-state index contributed by atoms with van der Waals surface area (Å²) >= 11 is 0. The van der Waals surface area contributed by atoms with Crippen LogP contribution >= 0.6 is 0 Å². The van der Waals surface area contributed by atoms with Crippen LogP contribution in [0.3, 0.4) is 0 Å². The van der Waals surface area contributed by atoms with Gasteiger partial charge in [0, 0.05) is 18.7 Å².